The third kappa shape index (κ3) is 3.71. The molecule has 3 aromatic rings. The van der Waals surface area contributed by atoms with Crippen LogP contribution in [-0.4, -0.2) is 36.8 Å². The van der Waals surface area contributed by atoms with E-state index in [0.29, 0.717) is 17.8 Å². The summed E-state index contributed by atoms with van der Waals surface area (Å²) in [6, 6.07) is 7.22. The highest BCUT2D eigenvalue weighted by atomic mass is 32.2. The van der Waals surface area contributed by atoms with Crippen LogP contribution in [0.3, 0.4) is 0 Å². The van der Waals surface area contributed by atoms with Gasteiger partial charge in [0.05, 0.1) is 18.1 Å². The van der Waals surface area contributed by atoms with Gasteiger partial charge in [-0.05, 0) is 69.5 Å². The van der Waals surface area contributed by atoms with Gasteiger partial charge in [0, 0.05) is 17.0 Å². The fraction of sp³-hybridized carbons (Fsp3) is 0.409. The molecule has 0 N–H and O–H groups in total. The Morgan fingerprint density at radius 3 is 2.45 bits per heavy atom. The molecule has 1 saturated heterocycles. The first kappa shape index (κ1) is 19.8. The topological polar surface area (TPSA) is 80.7 Å². The molecule has 4 rings (SSSR count). The van der Waals surface area contributed by atoms with Crippen molar-refractivity contribution in [2.45, 2.75) is 46.7 Å². The molecule has 29 heavy (non-hydrogen) atoms. The van der Waals surface area contributed by atoms with E-state index in [1.807, 2.05) is 52.0 Å². The zero-order chi connectivity index (χ0) is 20.9. The number of sulfone groups is 1. The smallest absolute Gasteiger partial charge is 0.290 e. The molecule has 0 aliphatic carbocycles. The Bertz CT molecular complexity index is 1200. The van der Waals surface area contributed by atoms with Crippen molar-refractivity contribution in [1.29, 1.82) is 0 Å². The molecule has 0 radical (unpaired) electrons. The number of fused-ring (bicyclic) bond motifs is 1. The number of hydrogen-bond donors (Lipinski definition) is 0. The largest absolute Gasteiger partial charge is 0.464 e. The van der Waals surface area contributed by atoms with Gasteiger partial charge in [0.1, 0.15) is 17.1 Å². The minimum Gasteiger partial charge on any atom is -0.464 e. The molecule has 154 valence electrons. The molecule has 1 aliphatic heterocycles. The van der Waals surface area contributed by atoms with Crippen LogP contribution in [0.25, 0.3) is 11.0 Å². The van der Waals surface area contributed by atoms with Crippen molar-refractivity contribution in [2.75, 3.05) is 11.5 Å². The molecule has 0 unspecified atom stereocenters. The van der Waals surface area contributed by atoms with Gasteiger partial charge in [0.2, 0.25) is 0 Å². The summed E-state index contributed by atoms with van der Waals surface area (Å²) in [5.41, 5.74) is 3.66. The second-order valence-electron chi connectivity index (χ2n) is 7.99. The summed E-state index contributed by atoms with van der Waals surface area (Å²) < 4.78 is 35.7. The highest BCUT2D eigenvalue weighted by Crippen LogP contribution is 2.31. The third-order valence-electron chi connectivity index (χ3n) is 5.78. The van der Waals surface area contributed by atoms with E-state index in [-0.39, 0.29) is 29.7 Å². The lowest BCUT2D eigenvalue weighted by atomic mass is 10.0. The van der Waals surface area contributed by atoms with Crippen molar-refractivity contribution < 1.29 is 22.0 Å². The number of carbonyl (C=O) groups excluding carboxylic acids is 1. The summed E-state index contributed by atoms with van der Waals surface area (Å²) in [5, 5.41) is 0.907. The number of furan rings is 2. The minimum atomic E-state index is -3.14. The normalized spacial score (nSPS) is 18.4. The number of benzene rings is 1. The van der Waals surface area contributed by atoms with Crippen LogP contribution in [0.4, 0.5) is 0 Å². The van der Waals surface area contributed by atoms with Crippen molar-refractivity contribution in [3.05, 3.63) is 58.2 Å². The van der Waals surface area contributed by atoms with Crippen LogP contribution in [0, 0.1) is 27.7 Å². The van der Waals surface area contributed by atoms with E-state index < -0.39 is 15.9 Å². The number of carbonyl (C=O) groups is 1. The van der Waals surface area contributed by atoms with E-state index in [9.17, 15) is 13.2 Å². The van der Waals surface area contributed by atoms with Gasteiger partial charge in [-0.25, -0.2) is 8.42 Å². The molecule has 7 heteroatoms. The van der Waals surface area contributed by atoms with Crippen molar-refractivity contribution in [1.82, 2.24) is 4.90 Å². The quantitative estimate of drug-likeness (QED) is 0.641. The average molecular weight is 416 g/mol. The fourth-order valence-corrected chi connectivity index (χ4v) is 5.67. The van der Waals surface area contributed by atoms with E-state index in [0.717, 1.165) is 27.8 Å². The zero-order valence-electron chi connectivity index (χ0n) is 17.1. The maximum absolute atomic E-state index is 13.5. The Kier molecular flexibility index (Phi) is 4.81. The van der Waals surface area contributed by atoms with E-state index in [1.54, 1.807) is 4.90 Å². The summed E-state index contributed by atoms with van der Waals surface area (Å²) in [6.07, 6.45) is 0.422. The van der Waals surface area contributed by atoms with Crippen LogP contribution in [0.5, 0.6) is 0 Å². The van der Waals surface area contributed by atoms with Crippen LogP contribution in [0.2, 0.25) is 0 Å². The molecular formula is C22H25NO5S. The van der Waals surface area contributed by atoms with Crippen LogP contribution < -0.4 is 0 Å². The van der Waals surface area contributed by atoms with E-state index in [4.69, 9.17) is 8.83 Å². The molecule has 0 saturated carbocycles. The van der Waals surface area contributed by atoms with Gasteiger partial charge in [0.15, 0.2) is 15.6 Å². The monoisotopic (exact) mass is 415 g/mol. The number of rotatable bonds is 4. The third-order valence-corrected chi connectivity index (χ3v) is 7.53. The molecule has 1 aromatic carbocycles. The highest BCUT2D eigenvalue weighted by Gasteiger charge is 2.37. The van der Waals surface area contributed by atoms with Gasteiger partial charge < -0.3 is 13.7 Å². The summed E-state index contributed by atoms with van der Waals surface area (Å²) in [5.74, 6) is 1.40. The van der Waals surface area contributed by atoms with Crippen LogP contribution in [-0.2, 0) is 16.4 Å². The molecule has 1 aliphatic rings. The van der Waals surface area contributed by atoms with E-state index in [1.165, 1.54) is 0 Å². The minimum absolute atomic E-state index is 0.0318. The lowest BCUT2D eigenvalue weighted by molar-refractivity contribution is 0.0634. The van der Waals surface area contributed by atoms with Crippen molar-refractivity contribution in [3.8, 4) is 0 Å². The summed E-state index contributed by atoms with van der Waals surface area (Å²) in [7, 11) is -3.14. The van der Waals surface area contributed by atoms with Gasteiger partial charge in [-0.2, -0.15) is 0 Å². The predicted molar refractivity (Wildman–Crippen MR) is 111 cm³/mol. The van der Waals surface area contributed by atoms with Crippen molar-refractivity contribution >= 4 is 26.7 Å². The molecule has 3 heterocycles. The molecule has 0 spiro atoms. The summed E-state index contributed by atoms with van der Waals surface area (Å²) in [4.78, 5) is 15.1. The second-order valence-corrected chi connectivity index (χ2v) is 10.2. The number of amides is 1. The fourth-order valence-electron chi connectivity index (χ4n) is 3.94. The van der Waals surface area contributed by atoms with Crippen molar-refractivity contribution in [3.63, 3.8) is 0 Å². The first-order valence-corrected chi connectivity index (χ1v) is 11.5. The SMILES string of the molecule is Cc1ccc(CN(C(=O)c2oc3cc(C)c(C)cc3c2C)[C@H]2CCS(=O)(=O)C2)o1. The summed E-state index contributed by atoms with van der Waals surface area (Å²) in [6.45, 7) is 7.94. The standard InChI is InChI=1S/C22H25NO5S/c1-13-9-19-16(4)21(28-20(19)10-14(13)2)22(24)23(11-18-6-5-15(3)27-18)17-7-8-29(25,26)12-17/h5-6,9-10,17H,7-8,11-12H2,1-4H3/t17-/m0/s1. The molecule has 2 aromatic heterocycles. The first-order valence-electron chi connectivity index (χ1n) is 9.71. The van der Waals surface area contributed by atoms with E-state index in [2.05, 4.69) is 0 Å². The second kappa shape index (κ2) is 7.06. The van der Waals surface area contributed by atoms with Crippen LogP contribution in [0.15, 0.2) is 33.1 Å². The van der Waals surface area contributed by atoms with Crippen molar-refractivity contribution in [2.24, 2.45) is 0 Å². The van der Waals surface area contributed by atoms with Crippen LogP contribution >= 0.6 is 0 Å². The molecule has 0 bridgehead atoms. The average Bonchev–Trinajstić information content (AvgIpc) is 3.31. The predicted octanol–water partition coefficient (Wildman–Crippen LogP) is 4.09. The van der Waals surface area contributed by atoms with Crippen LogP contribution in [0.1, 0.15) is 45.2 Å². The molecular weight excluding hydrogens is 390 g/mol. The Labute approximate surface area is 170 Å². The maximum Gasteiger partial charge on any atom is 0.290 e. The first-order chi connectivity index (χ1) is 13.6. The van der Waals surface area contributed by atoms with Gasteiger partial charge >= 0.3 is 0 Å². The van der Waals surface area contributed by atoms with Gasteiger partial charge in [0.25, 0.3) is 5.91 Å². The zero-order valence-corrected chi connectivity index (χ0v) is 17.9. The number of hydrogen-bond acceptors (Lipinski definition) is 5. The molecule has 1 fully saturated rings. The highest BCUT2D eigenvalue weighted by molar-refractivity contribution is 7.91. The van der Waals surface area contributed by atoms with Gasteiger partial charge in [-0.1, -0.05) is 0 Å². The molecule has 1 atom stereocenters. The van der Waals surface area contributed by atoms with Gasteiger partial charge in [-0.15, -0.1) is 0 Å². The van der Waals surface area contributed by atoms with Gasteiger partial charge in [-0.3, -0.25) is 4.79 Å². The molecule has 1 amide bonds. The Morgan fingerprint density at radius 2 is 1.83 bits per heavy atom. The Hall–Kier alpha value is -2.54. The lowest BCUT2D eigenvalue weighted by Gasteiger charge is -2.26. The molecule has 6 nitrogen and oxygen atoms in total. The lowest BCUT2D eigenvalue weighted by Crippen LogP contribution is -2.40. The number of nitrogens with zero attached hydrogens (tertiary/aromatic N) is 1. The Morgan fingerprint density at radius 1 is 1.10 bits per heavy atom. The number of aryl methyl sites for hydroxylation is 4. The Balaban J connectivity index is 1.74. The van der Waals surface area contributed by atoms with E-state index >= 15 is 0 Å². The summed E-state index contributed by atoms with van der Waals surface area (Å²) >= 11 is 0. The maximum atomic E-state index is 13.5.